The SMILES string of the molecule is Bc1c(NO)nc(Nc2ccc(C#N)cc2)nc1Oc1c(C)cc(C#N)cc1C. The molecule has 2 aromatic carbocycles. The Hall–Kier alpha value is -4.08. The summed E-state index contributed by atoms with van der Waals surface area (Å²) in [7, 11) is 1.72. The number of aryl methyl sites for hydroxylation is 2. The molecule has 0 aliphatic rings. The first kappa shape index (κ1) is 19.7. The van der Waals surface area contributed by atoms with Gasteiger partial charge >= 0.3 is 0 Å². The molecule has 1 heterocycles. The van der Waals surface area contributed by atoms with Gasteiger partial charge in [-0.05, 0) is 61.4 Å². The fourth-order valence-corrected chi connectivity index (χ4v) is 2.79. The second kappa shape index (κ2) is 8.30. The van der Waals surface area contributed by atoms with Gasteiger partial charge in [-0.15, -0.1) is 0 Å². The summed E-state index contributed by atoms with van der Waals surface area (Å²) in [4.78, 5) is 8.65. The predicted octanol–water partition coefficient (Wildman–Crippen LogP) is 2.43. The Labute approximate surface area is 168 Å². The van der Waals surface area contributed by atoms with Crippen LogP contribution < -0.4 is 21.0 Å². The van der Waals surface area contributed by atoms with Crippen molar-refractivity contribution in [3.63, 3.8) is 0 Å². The van der Waals surface area contributed by atoms with Crippen LogP contribution in [0.5, 0.6) is 11.6 Å². The highest BCUT2D eigenvalue weighted by Crippen LogP contribution is 2.29. The Kier molecular flexibility index (Phi) is 5.63. The lowest BCUT2D eigenvalue weighted by Gasteiger charge is -2.16. The average molecular weight is 384 g/mol. The molecule has 0 spiro atoms. The summed E-state index contributed by atoms with van der Waals surface area (Å²) in [5.41, 5.74) is 5.91. The molecule has 1 aromatic heterocycles. The van der Waals surface area contributed by atoms with E-state index in [0.717, 1.165) is 11.1 Å². The molecule has 3 rings (SSSR count). The molecular formula is C20H17BN6O2. The fraction of sp³-hybridized carbons (Fsp3) is 0.100. The van der Waals surface area contributed by atoms with E-state index in [9.17, 15) is 5.21 Å². The van der Waals surface area contributed by atoms with Crippen LogP contribution in [-0.4, -0.2) is 23.0 Å². The third kappa shape index (κ3) is 4.27. The maximum atomic E-state index is 9.45. The smallest absolute Gasteiger partial charge is 0.232 e. The molecule has 0 atom stereocenters. The van der Waals surface area contributed by atoms with Gasteiger partial charge in [0.05, 0.1) is 23.3 Å². The second-order valence-corrected chi connectivity index (χ2v) is 6.40. The van der Waals surface area contributed by atoms with Gasteiger partial charge in [0, 0.05) is 11.2 Å². The van der Waals surface area contributed by atoms with E-state index in [-0.39, 0.29) is 17.6 Å². The Morgan fingerprint density at radius 2 is 1.62 bits per heavy atom. The minimum Gasteiger partial charge on any atom is -0.439 e. The molecule has 29 heavy (non-hydrogen) atoms. The number of hydrogen-bond donors (Lipinski definition) is 3. The number of benzene rings is 2. The van der Waals surface area contributed by atoms with E-state index in [0.29, 0.717) is 28.0 Å². The van der Waals surface area contributed by atoms with Crippen LogP contribution in [0.25, 0.3) is 0 Å². The molecule has 9 heteroatoms. The lowest BCUT2D eigenvalue weighted by atomic mass is 9.98. The van der Waals surface area contributed by atoms with Gasteiger partial charge in [0.2, 0.25) is 11.8 Å². The van der Waals surface area contributed by atoms with Gasteiger partial charge in [-0.2, -0.15) is 20.5 Å². The Morgan fingerprint density at radius 3 is 2.17 bits per heavy atom. The molecule has 0 bridgehead atoms. The van der Waals surface area contributed by atoms with Crippen LogP contribution in [0.1, 0.15) is 22.3 Å². The van der Waals surface area contributed by atoms with Crippen molar-refractivity contribution in [3.8, 4) is 23.8 Å². The molecule has 0 aliphatic carbocycles. The second-order valence-electron chi connectivity index (χ2n) is 6.40. The van der Waals surface area contributed by atoms with Crippen molar-refractivity contribution < 1.29 is 9.94 Å². The first-order valence-electron chi connectivity index (χ1n) is 8.70. The van der Waals surface area contributed by atoms with Crippen molar-refractivity contribution >= 4 is 30.8 Å². The first-order valence-corrected chi connectivity index (χ1v) is 8.70. The molecular weight excluding hydrogens is 367 g/mol. The summed E-state index contributed by atoms with van der Waals surface area (Å²) in [6, 6.07) is 14.4. The quantitative estimate of drug-likeness (QED) is 0.452. The lowest BCUT2D eigenvalue weighted by molar-refractivity contribution is 0.385. The summed E-state index contributed by atoms with van der Waals surface area (Å²) in [5.74, 6) is 1.23. The third-order valence-electron chi connectivity index (χ3n) is 4.27. The molecule has 142 valence electrons. The van der Waals surface area contributed by atoms with E-state index in [4.69, 9.17) is 15.3 Å². The highest BCUT2D eigenvalue weighted by atomic mass is 16.5. The number of aromatic nitrogens is 2. The fourth-order valence-electron chi connectivity index (χ4n) is 2.79. The highest BCUT2D eigenvalue weighted by molar-refractivity contribution is 6.37. The average Bonchev–Trinajstić information content (AvgIpc) is 2.72. The normalized spacial score (nSPS) is 9.97. The number of ether oxygens (including phenoxy) is 1. The van der Waals surface area contributed by atoms with Crippen molar-refractivity contribution in [2.75, 3.05) is 10.8 Å². The number of anilines is 3. The van der Waals surface area contributed by atoms with Gasteiger partial charge in [-0.1, -0.05) is 0 Å². The van der Waals surface area contributed by atoms with Crippen LogP contribution >= 0.6 is 0 Å². The van der Waals surface area contributed by atoms with E-state index in [1.54, 1.807) is 44.2 Å². The van der Waals surface area contributed by atoms with Crippen molar-refractivity contribution in [2.45, 2.75) is 13.8 Å². The predicted molar refractivity (Wildman–Crippen MR) is 111 cm³/mol. The van der Waals surface area contributed by atoms with Gasteiger partial charge in [0.1, 0.15) is 5.75 Å². The molecule has 0 aliphatic heterocycles. The standard InChI is InChI=1S/C20H17BN6O2/c1-11-7-14(10-23)8-12(2)17(11)29-19-16(21)18(27-28)25-20(26-19)24-15-5-3-13(9-22)4-6-15/h3-8,28H,21H2,1-2H3,(H2,24,25,26,27). The van der Waals surface area contributed by atoms with Crippen LogP contribution in [0, 0.1) is 36.5 Å². The summed E-state index contributed by atoms with van der Waals surface area (Å²) < 4.78 is 6.03. The zero-order chi connectivity index (χ0) is 21.0. The number of rotatable bonds is 5. The van der Waals surface area contributed by atoms with Gasteiger partial charge in [-0.3, -0.25) is 10.7 Å². The number of hydrogen-bond acceptors (Lipinski definition) is 8. The number of nitrogens with one attached hydrogen (secondary N) is 2. The van der Waals surface area contributed by atoms with E-state index in [2.05, 4.69) is 32.9 Å². The summed E-state index contributed by atoms with van der Waals surface area (Å²) in [5, 5.41) is 30.5. The summed E-state index contributed by atoms with van der Waals surface area (Å²) in [6.45, 7) is 3.70. The molecule has 0 radical (unpaired) electrons. The Balaban J connectivity index is 1.98. The minimum absolute atomic E-state index is 0.190. The monoisotopic (exact) mass is 384 g/mol. The maximum Gasteiger partial charge on any atom is 0.232 e. The molecule has 0 saturated heterocycles. The van der Waals surface area contributed by atoms with E-state index in [1.807, 2.05) is 13.8 Å². The number of nitriles is 2. The zero-order valence-corrected chi connectivity index (χ0v) is 16.1. The van der Waals surface area contributed by atoms with Crippen LogP contribution in [0.15, 0.2) is 36.4 Å². The van der Waals surface area contributed by atoms with Gasteiger partial charge in [0.15, 0.2) is 13.7 Å². The van der Waals surface area contributed by atoms with E-state index in [1.165, 1.54) is 0 Å². The molecule has 8 nitrogen and oxygen atoms in total. The molecule has 0 saturated carbocycles. The number of nitrogens with zero attached hydrogens (tertiary/aromatic N) is 4. The van der Waals surface area contributed by atoms with Crippen molar-refractivity contribution in [2.24, 2.45) is 0 Å². The van der Waals surface area contributed by atoms with E-state index < -0.39 is 0 Å². The van der Waals surface area contributed by atoms with Crippen LogP contribution in [0.3, 0.4) is 0 Å². The molecule has 0 fully saturated rings. The van der Waals surface area contributed by atoms with Gasteiger partial charge in [-0.25, -0.2) is 0 Å². The van der Waals surface area contributed by atoms with E-state index >= 15 is 0 Å². The van der Waals surface area contributed by atoms with Crippen molar-refractivity contribution in [3.05, 3.63) is 58.7 Å². The Morgan fingerprint density at radius 1 is 1.00 bits per heavy atom. The third-order valence-corrected chi connectivity index (χ3v) is 4.27. The largest absolute Gasteiger partial charge is 0.439 e. The van der Waals surface area contributed by atoms with Crippen molar-refractivity contribution in [1.82, 2.24) is 9.97 Å². The zero-order valence-electron chi connectivity index (χ0n) is 16.1. The lowest BCUT2D eigenvalue weighted by Crippen LogP contribution is -2.18. The molecule has 3 N–H and O–H groups in total. The maximum absolute atomic E-state index is 9.45. The van der Waals surface area contributed by atoms with Crippen LogP contribution in [-0.2, 0) is 0 Å². The first-order chi connectivity index (χ1) is 13.9. The van der Waals surface area contributed by atoms with Crippen LogP contribution in [0.2, 0.25) is 0 Å². The highest BCUT2D eigenvalue weighted by Gasteiger charge is 2.15. The van der Waals surface area contributed by atoms with Gasteiger partial charge in [0.25, 0.3) is 0 Å². The Bertz CT molecular complexity index is 1130. The van der Waals surface area contributed by atoms with Crippen LogP contribution in [0.4, 0.5) is 17.5 Å². The molecule has 0 unspecified atom stereocenters. The molecule has 0 amide bonds. The van der Waals surface area contributed by atoms with Crippen molar-refractivity contribution in [1.29, 1.82) is 10.5 Å². The van der Waals surface area contributed by atoms with Gasteiger partial charge < -0.3 is 10.1 Å². The summed E-state index contributed by atoms with van der Waals surface area (Å²) in [6.07, 6.45) is 0. The molecule has 3 aromatic rings. The summed E-state index contributed by atoms with van der Waals surface area (Å²) >= 11 is 0. The topological polar surface area (TPSA) is 127 Å². The minimum atomic E-state index is 0.190.